The minimum atomic E-state index is -0.516. The van der Waals surface area contributed by atoms with E-state index in [2.05, 4.69) is 17.2 Å². The predicted molar refractivity (Wildman–Crippen MR) is 70.5 cm³/mol. The molecule has 7 heteroatoms. The fourth-order valence-corrected chi connectivity index (χ4v) is 1.19. The van der Waals surface area contributed by atoms with Crippen LogP contribution in [0.5, 0.6) is 0 Å². The van der Waals surface area contributed by atoms with E-state index in [1.807, 2.05) is 0 Å². The van der Waals surface area contributed by atoms with Gasteiger partial charge in [0.2, 0.25) is 5.91 Å². The first kappa shape index (κ1) is 16.9. The average Bonchev–Trinajstić information content (AvgIpc) is 2.38. The van der Waals surface area contributed by atoms with Gasteiger partial charge in [-0.3, -0.25) is 4.79 Å². The highest BCUT2D eigenvalue weighted by molar-refractivity contribution is 5.81. The van der Waals surface area contributed by atoms with Crippen molar-refractivity contribution in [2.75, 3.05) is 33.3 Å². The van der Waals surface area contributed by atoms with Crippen LogP contribution >= 0.6 is 0 Å². The molecule has 0 aromatic carbocycles. The largest absolute Gasteiger partial charge is 0.461 e. The molecular formula is C12H21N3O4. The molecule has 0 unspecified atom stereocenters. The van der Waals surface area contributed by atoms with E-state index >= 15 is 0 Å². The molecule has 0 saturated carbocycles. The lowest BCUT2D eigenvalue weighted by Crippen LogP contribution is -2.40. The molecule has 0 aliphatic carbocycles. The predicted octanol–water partition coefficient (Wildman–Crippen LogP) is -0.117. The van der Waals surface area contributed by atoms with E-state index in [0.29, 0.717) is 19.5 Å². The van der Waals surface area contributed by atoms with Crippen molar-refractivity contribution in [3.05, 3.63) is 12.7 Å². The molecule has 19 heavy (non-hydrogen) atoms. The maximum atomic E-state index is 11.6. The number of amides is 3. The monoisotopic (exact) mass is 271 g/mol. The molecule has 0 aliphatic heterocycles. The van der Waals surface area contributed by atoms with Crippen LogP contribution in [0.2, 0.25) is 0 Å². The molecule has 0 radical (unpaired) electrons. The molecule has 0 saturated heterocycles. The summed E-state index contributed by atoms with van der Waals surface area (Å²) in [6.07, 6.45) is 1.74. The lowest BCUT2D eigenvalue weighted by atomic mass is 10.4. The first-order valence-corrected chi connectivity index (χ1v) is 6.00. The van der Waals surface area contributed by atoms with Crippen LogP contribution in [-0.4, -0.2) is 56.1 Å². The summed E-state index contributed by atoms with van der Waals surface area (Å²) in [6.45, 7) is 6.11. The Bertz CT molecular complexity index is 331. The van der Waals surface area contributed by atoms with E-state index in [1.54, 1.807) is 7.05 Å². The number of urea groups is 1. The van der Waals surface area contributed by atoms with Gasteiger partial charge in [-0.25, -0.2) is 9.59 Å². The van der Waals surface area contributed by atoms with Gasteiger partial charge in [0.15, 0.2) is 0 Å². The van der Waals surface area contributed by atoms with Gasteiger partial charge < -0.3 is 20.3 Å². The van der Waals surface area contributed by atoms with Crippen molar-refractivity contribution in [1.29, 1.82) is 0 Å². The molecule has 108 valence electrons. The zero-order valence-electron chi connectivity index (χ0n) is 11.4. The second-order valence-electron chi connectivity index (χ2n) is 3.86. The van der Waals surface area contributed by atoms with Crippen LogP contribution in [0.25, 0.3) is 0 Å². The summed E-state index contributed by atoms with van der Waals surface area (Å²) in [5.74, 6) is -0.603. The molecule has 0 spiro atoms. The summed E-state index contributed by atoms with van der Waals surface area (Å²) < 4.78 is 4.71. The van der Waals surface area contributed by atoms with Crippen LogP contribution < -0.4 is 10.6 Å². The third-order valence-electron chi connectivity index (χ3n) is 2.18. The van der Waals surface area contributed by atoms with Crippen molar-refractivity contribution in [3.8, 4) is 0 Å². The Hall–Kier alpha value is -2.05. The van der Waals surface area contributed by atoms with E-state index in [9.17, 15) is 14.4 Å². The van der Waals surface area contributed by atoms with Gasteiger partial charge in [-0.05, 0) is 6.42 Å². The second-order valence-corrected chi connectivity index (χ2v) is 3.86. The summed E-state index contributed by atoms with van der Waals surface area (Å²) in [4.78, 5) is 34.4. The molecule has 0 fully saturated rings. The number of carbonyl (C=O) groups is 3. The topological polar surface area (TPSA) is 87.7 Å². The Labute approximate surface area is 113 Å². The van der Waals surface area contributed by atoms with Crippen molar-refractivity contribution in [3.63, 3.8) is 0 Å². The highest BCUT2D eigenvalue weighted by Crippen LogP contribution is 1.88. The summed E-state index contributed by atoms with van der Waals surface area (Å²) in [6, 6.07) is -0.252. The van der Waals surface area contributed by atoms with Crippen LogP contribution in [0.3, 0.4) is 0 Å². The Balaban J connectivity index is 3.61. The number of nitrogens with one attached hydrogen (secondary N) is 2. The number of nitrogens with zero attached hydrogens (tertiary/aromatic N) is 1. The van der Waals surface area contributed by atoms with Crippen molar-refractivity contribution in [1.82, 2.24) is 15.5 Å². The molecule has 0 rings (SSSR count). The molecule has 0 aromatic rings. The molecule has 0 heterocycles. The lowest BCUT2D eigenvalue weighted by molar-refractivity contribution is -0.137. The van der Waals surface area contributed by atoms with Crippen molar-refractivity contribution >= 4 is 17.9 Å². The number of hydrogen-bond acceptors (Lipinski definition) is 4. The van der Waals surface area contributed by atoms with Crippen LogP contribution in [0.4, 0.5) is 4.79 Å². The van der Waals surface area contributed by atoms with E-state index in [4.69, 9.17) is 4.74 Å². The first-order chi connectivity index (χ1) is 8.97. The molecule has 7 nitrogen and oxygen atoms in total. The van der Waals surface area contributed by atoms with Crippen molar-refractivity contribution in [2.24, 2.45) is 0 Å². The fraction of sp³-hybridized carbons (Fsp3) is 0.583. The van der Waals surface area contributed by atoms with Crippen molar-refractivity contribution in [2.45, 2.75) is 13.3 Å². The van der Waals surface area contributed by atoms with Gasteiger partial charge in [0, 0.05) is 33.1 Å². The first-order valence-electron chi connectivity index (χ1n) is 6.00. The smallest absolute Gasteiger partial charge is 0.330 e. The zero-order chi connectivity index (χ0) is 14.7. The zero-order valence-corrected chi connectivity index (χ0v) is 11.4. The minimum Gasteiger partial charge on any atom is -0.461 e. The summed E-state index contributed by atoms with van der Waals surface area (Å²) >= 11 is 0. The molecule has 0 bridgehead atoms. The number of ether oxygens (including phenoxy) is 1. The SMILES string of the molecule is C=CC(=O)OCCNC(=O)N(C)CCCNC(C)=O. The fourth-order valence-electron chi connectivity index (χ4n) is 1.19. The normalized spacial score (nSPS) is 9.37. The standard InChI is InChI=1S/C12H21N3O4/c1-4-11(17)19-9-7-14-12(18)15(3)8-5-6-13-10(2)16/h4H,1,5-9H2,2-3H3,(H,13,16)(H,14,18). The molecule has 0 aromatic heterocycles. The Morgan fingerprint density at radius 2 is 1.95 bits per heavy atom. The van der Waals surface area contributed by atoms with Gasteiger partial charge in [-0.15, -0.1) is 0 Å². The van der Waals surface area contributed by atoms with Gasteiger partial charge in [0.1, 0.15) is 6.61 Å². The quantitative estimate of drug-likeness (QED) is 0.366. The number of esters is 1. The third-order valence-corrected chi connectivity index (χ3v) is 2.18. The van der Waals surface area contributed by atoms with Crippen LogP contribution in [-0.2, 0) is 14.3 Å². The van der Waals surface area contributed by atoms with Crippen molar-refractivity contribution < 1.29 is 19.1 Å². The van der Waals surface area contributed by atoms with Crippen LogP contribution in [0, 0.1) is 0 Å². The maximum absolute atomic E-state index is 11.6. The highest BCUT2D eigenvalue weighted by Gasteiger charge is 2.07. The molecular weight excluding hydrogens is 250 g/mol. The summed E-state index contributed by atoms with van der Waals surface area (Å²) in [5.41, 5.74) is 0. The molecule has 3 amide bonds. The van der Waals surface area contributed by atoms with Gasteiger partial charge >= 0.3 is 12.0 Å². The summed E-state index contributed by atoms with van der Waals surface area (Å²) in [7, 11) is 1.65. The van der Waals surface area contributed by atoms with E-state index in [-0.39, 0.29) is 25.1 Å². The van der Waals surface area contributed by atoms with E-state index < -0.39 is 5.97 Å². The average molecular weight is 271 g/mol. The van der Waals surface area contributed by atoms with Crippen LogP contribution in [0.15, 0.2) is 12.7 Å². The Morgan fingerprint density at radius 1 is 1.26 bits per heavy atom. The Kier molecular flexibility index (Phi) is 8.86. The number of rotatable bonds is 8. The molecule has 0 aliphatic rings. The van der Waals surface area contributed by atoms with Gasteiger partial charge in [0.25, 0.3) is 0 Å². The third kappa shape index (κ3) is 9.63. The maximum Gasteiger partial charge on any atom is 0.330 e. The summed E-state index contributed by atoms with van der Waals surface area (Å²) in [5, 5.41) is 5.25. The number of hydrogen-bond donors (Lipinski definition) is 2. The minimum absolute atomic E-state index is 0.0869. The van der Waals surface area contributed by atoms with E-state index in [1.165, 1.54) is 11.8 Å². The van der Waals surface area contributed by atoms with Gasteiger partial charge in [0.05, 0.1) is 6.54 Å². The lowest BCUT2D eigenvalue weighted by Gasteiger charge is -2.17. The van der Waals surface area contributed by atoms with Gasteiger partial charge in [-0.2, -0.15) is 0 Å². The molecule has 0 atom stereocenters. The molecule has 2 N–H and O–H groups in total. The van der Waals surface area contributed by atoms with Crippen LogP contribution in [0.1, 0.15) is 13.3 Å². The number of carbonyl (C=O) groups excluding carboxylic acids is 3. The second kappa shape index (κ2) is 9.93. The van der Waals surface area contributed by atoms with Gasteiger partial charge in [-0.1, -0.05) is 6.58 Å². The van der Waals surface area contributed by atoms with E-state index in [0.717, 1.165) is 6.08 Å². The highest BCUT2D eigenvalue weighted by atomic mass is 16.5. The Morgan fingerprint density at radius 3 is 2.53 bits per heavy atom.